The molecule has 0 amide bonds. The second kappa shape index (κ2) is 7.80. The molecule has 0 atom stereocenters. The number of ether oxygens (including phenoxy) is 1. The van der Waals surface area contributed by atoms with Crippen LogP contribution in [0.5, 0.6) is 0 Å². The number of aryl methyl sites for hydroxylation is 2. The summed E-state index contributed by atoms with van der Waals surface area (Å²) in [4.78, 5) is 30.0. The van der Waals surface area contributed by atoms with Gasteiger partial charge in [0, 0.05) is 0 Å². The first-order valence-corrected chi connectivity index (χ1v) is 10.1. The molecule has 1 aromatic heterocycles. The minimum atomic E-state index is -0.553. The summed E-state index contributed by atoms with van der Waals surface area (Å²) in [6, 6.07) is 13.1. The normalized spacial score (nSPS) is 11.6. The van der Waals surface area contributed by atoms with Crippen molar-refractivity contribution in [3.63, 3.8) is 0 Å². The Morgan fingerprint density at radius 1 is 1.11 bits per heavy atom. The number of rotatable bonds is 4. The zero-order chi connectivity index (χ0) is 20.5. The Hall–Kier alpha value is -2.60. The maximum absolute atomic E-state index is 13.2. The lowest BCUT2D eigenvalue weighted by Gasteiger charge is -2.19. The summed E-state index contributed by atoms with van der Waals surface area (Å²) >= 11 is 1.21. The zero-order valence-corrected chi connectivity index (χ0v) is 17.6. The molecule has 0 unspecified atom stereocenters. The molecule has 0 aliphatic carbocycles. The molecule has 1 heterocycles. The Labute approximate surface area is 168 Å². The van der Waals surface area contributed by atoms with Gasteiger partial charge in [-0.25, -0.2) is 4.98 Å². The monoisotopic (exact) mass is 396 g/mol. The highest BCUT2D eigenvalue weighted by atomic mass is 32.2. The van der Waals surface area contributed by atoms with Gasteiger partial charge in [-0.3, -0.25) is 14.2 Å². The van der Waals surface area contributed by atoms with Crippen LogP contribution in [0.2, 0.25) is 0 Å². The summed E-state index contributed by atoms with van der Waals surface area (Å²) in [5.74, 6) is -0.265. The van der Waals surface area contributed by atoms with Crippen molar-refractivity contribution in [2.75, 3.05) is 5.75 Å². The number of nitrogens with zero attached hydrogens (tertiary/aromatic N) is 2. The fourth-order valence-corrected chi connectivity index (χ4v) is 3.58. The molecule has 3 aromatic rings. The number of fused-ring (bicyclic) bond motifs is 1. The molecule has 28 heavy (non-hydrogen) atoms. The van der Waals surface area contributed by atoms with E-state index in [2.05, 4.69) is 4.98 Å². The van der Waals surface area contributed by atoms with Crippen molar-refractivity contribution < 1.29 is 9.53 Å². The number of esters is 1. The minimum Gasteiger partial charge on any atom is -0.459 e. The van der Waals surface area contributed by atoms with Crippen LogP contribution in [0.1, 0.15) is 31.9 Å². The maximum atomic E-state index is 13.2. The first-order chi connectivity index (χ1) is 13.2. The molecule has 0 aliphatic heterocycles. The third-order valence-corrected chi connectivity index (χ3v) is 5.14. The van der Waals surface area contributed by atoms with Crippen molar-refractivity contribution in [2.24, 2.45) is 0 Å². The Balaban J connectivity index is 2.08. The second-order valence-electron chi connectivity index (χ2n) is 7.70. The SMILES string of the molecule is Cc1ccc(-n2c(SCC(=O)OC(C)(C)C)nc3ccccc3c2=O)cc1C. The highest BCUT2D eigenvalue weighted by Gasteiger charge is 2.19. The molecule has 0 fully saturated rings. The molecule has 6 heteroatoms. The second-order valence-corrected chi connectivity index (χ2v) is 8.64. The van der Waals surface area contributed by atoms with Gasteiger partial charge in [0.15, 0.2) is 5.16 Å². The Kier molecular flexibility index (Phi) is 5.61. The van der Waals surface area contributed by atoms with E-state index in [1.165, 1.54) is 11.8 Å². The Morgan fingerprint density at radius 3 is 2.50 bits per heavy atom. The number of hydrogen-bond donors (Lipinski definition) is 0. The molecule has 2 aromatic carbocycles. The van der Waals surface area contributed by atoms with E-state index in [0.29, 0.717) is 16.1 Å². The molecule has 0 aliphatic rings. The highest BCUT2D eigenvalue weighted by molar-refractivity contribution is 7.99. The lowest BCUT2D eigenvalue weighted by molar-refractivity contribution is -0.151. The summed E-state index contributed by atoms with van der Waals surface area (Å²) in [6.45, 7) is 9.52. The number of carbonyl (C=O) groups excluding carboxylic acids is 1. The van der Waals surface area contributed by atoms with E-state index in [4.69, 9.17) is 4.74 Å². The minimum absolute atomic E-state index is 0.0763. The van der Waals surface area contributed by atoms with Crippen LogP contribution in [-0.2, 0) is 9.53 Å². The van der Waals surface area contributed by atoms with E-state index in [1.54, 1.807) is 16.7 Å². The smallest absolute Gasteiger partial charge is 0.316 e. The molecular formula is C22H24N2O3S. The van der Waals surface area contributed by atoms with Gasteiger partial charge in [0.2, 0.25) is 0 Å². The molecular weight excluding hydrogens is 372 g/mol. The molecule has 0 N–H and O–H groups in total. The van der Waals surface area contributed by atoms with Crippen LogP contribution >= 0.6 is 11.8 Å². The van der Waals surface area contributed by atoms with E-state index in [9.17, 15) is 9.59 Å². The quantitative estimate of drug-likeness (QED) is 0.371. The highest BCUT2D eigenvalue weighted by Crippen LogP contribution is 2.23. The maximum Gasteiger partial charge on any atom is 0.316 e. The van der Waals surface area contributed by atoms with Crippen LogP contribution in [0, 0.1) is 13.8 Å². The molecule has 146 valence electrons. The molecule has 0 spiro atoms. The summed E-state index contributed by atoms with van der Waals surface area (Å²) < 4.78 is 6.96. The lowest BCUT2D eigenvalue weighted by Crippen LogP contribution is -2.26. The van der Waals surface area contributed by atoms with Gasteiger partial charge in [0.25, 0.3) is 5.56 Å². The molecule has 5 nitrogen and oxygen atoms in total. The van der Waals surface area contributed by atoms with Gasteiger partial charge < -0.3 is 4.74 Å². The number of hydrogen-bond acceptors (Lipinski definition) is 5. The molecule has 0 saturated carbocycles. The number of benzene rings is 2. The van der Waals surface area contributed by atoms with Crippen molar-refractivity contribution >= 4 is 28.6 Å². The van der Waals surface area contributed by atoms with Crippen LogP contribution in [0.15, 0.2) is 52.4 Å². The first kappa shape index (κ1) is 20.1. The van der Waals surface area contributed by atoms with Gasteiger partial charge in [-0.05, 0) is 70.0 Å². The fourth-order valence-electron chi connectivity index (χ4n) is 2.80. The number of carbonyl (C=O) groups is 1. The van der Waals surface area contributed by atoms with E-state index >= 15 is 0 Å². The van der Waals surface area contributed by atoms with Crippen molar-refractivity contribution in [3.05, 3.63) is 63.9 Å². The fraction of sp³-hybridized carbons (Fsp3) is 0.318. The van der Waals surface area contributed by atoms with Crippen molar-refractivity contribution in [3.8, 4) is 5.69 Å². The molecule has 0 bridgehead atoms. The predicted octanol–water partition coefficient (Wildman–Crippen LogP) is 4.44. The largest absolute Gasteiger partial charge is 0.459 e. The summed E-state index contributed by atoms with van der Waals surface area (Å²) in [5, 5.41) is 1.01. The third kappa shape index (κ3) is 4.44. The average molecular weight is 397 g/mol. The van der Waals surface area contributed by atoms with Crippen LogP contribution in [0.4, 0.5) is 0 Å². The summed E-state index contributed by atoms with van der Waals surface area (Å²) in [7, 11) is 0. The van der Waals surface area contributed by atoms with Gasteiger partial charge in [-0.2, -0.15) is 0 Å². The van der Waals surface area contributed by atoms with E-state index < -0.39 is 5.60 Å². The summed E-state index contributed by atoms with van der Waals surface area (Å²) in [5.41, 5.74) is 2.87. The zero-order valence-electron chi connectivity index (χ0n) is 16.8. The third-order valence-electron chi connectivity index (χ3n) is 4.23. The van der Waals surface area contributed by atoms with Gasteiger partial charge in [-0.15, -0.1) is 0 Å². The van der Waals surface area contributed by atoms with Crippen LogP contribution in [0.3, 0.4) is 0 Å². The molecule has 3 rings (SSSR count). The molecule has 0 radical (unpaired) electrons. The van der Waals surface area contributed by atoms with Crippen molar-refractivity contribution in [2.45, 2.75) is 45.4 Å². The summed E-state index contributed by atoms with van der Waals surface area (Å²) in [6.07, 6.45) is 0. The van der Waals surface area contributed by atoms with E-state index in [-0.39, 0.29) is 17.3 Å². The van der Waals surface area contributed by atoms with E-state index in [0.717, 1.165) is 16.8 Å². The van der Waals surface area contributed by atoms with Crippen LogP contribution in [0.25, 0.3) is 16.6 Å². The van der Waals surface area contributed by atoms with E-state index in [1.807, 2.05) is 65.0 Å². The number of thioether (sulfide) groups is 1. The first-order valence-electron chi connectivity index (χ1n) is 9.10. The van der Waals surface area contributed by atoms with Gasteiger partial charge in [0.1, 0.15) is 5.60 Å². The van der Waals surface area contributed by atoms with Crippen molar-refractivity contribution in [1.82, 2.24) is 9.55 Å². The van der Waals surface area contributed by atoms with Crippen LogP contribution in [-0.4, -0.2) is 26.9 Å². The Morgan fingerprint density at radius 2 is 1.82 bits per heavy atom. The topological polar surface area (TPSA) is 61.2 Å². The van der Waals surface area contributed by atoms with Crippen LogP contribution < -0.4 is 5.56 Å². The number of aromatic nitrogens is 2. The number of para-hydroxylation sites is 1. The van der Waals surface area contributed by atoms with Crippen molar-refractivity contribution in [1.29, 1.82) is 0 Å². The standard InChI is InChI=1S/C22H24N2O3S/c1-14-10-11-16(12-15(14)2)24-20(26)17-8-6-7-9-18(17)23-21(24)28-13-19(25)27-22(3,4)5/h6-12H,13H2,1-5H3. The predicted molar refractivity (Wildman–Crippen MR) is 113 cm³/mol. The Bertz CT molecular complexity index is 1100. The van der Waals surface area contributed by atoms with Gasteiger partial charge >= 0.3 is 5.97 Å². The van der Waals surface area contributed by atoms with Gasteiger partial charge in [-0.1, -0.05) is 30.0 Å². The molecule has 0 saturated heterocycles. The van der Waals surface area contributed by atoms with Gasteiger partial charge in [0.05, 0.1) is 22.3 Å². The average Bonchev–Trinajstić information content (AvgIpc) is 2.61. The lowest BCUT2D eigenvalue weighted by atomic mass is 10.1.